The number of rotatable bonds is 1. The molecule has 2 aromatic rings. The van der Waals surface area contributed by atoms with Gasteiger partial charge in [-0.25, -0.2) is 4.39 Å². The van der Waals surface area contributed by atoms with Crippen LogP contribution in [0.1, 0.15) is 54.1 Å². The molecule has 0 radical (unpaired) electrons. The van der Waals surface area contributed by atoms with Crippen molar-refractivity contribution in [3.63, 3.8) is 0 Å². The fourth-order valence-electron chi connectivity index (χ4n) is 4.78. The first-order valence-corrected chi connectivity index (χ1v) is 9.53. The fraction of sp³-hybridized carbons (Fsp3) is 0.250. The molecule has 1 N–H and O–H groups in total. The highest BCUT2D eigenvalue weighted by Gasteiger charge is 2.46. The highest BCUT2D eigenvalue weighted by molar-refractivity contribution is 6.23. The van der Waals surface area contributed by atoms with Crippen LogP contribution in [-0.2, 0) is 4.79 Å². The number of hydrogen-bond donors (Lipinski definition) is 1. The van der Waals surface area contributed by atoms with Gasteiger partial charge in [0.05, 0.1) is 5.70 Å². The van der Waals surface area contributed by atoms with E-state index >= 15 is 0 Å². The van der Waals surface area contributed by atoms with E-state index in [1.54, 1.807) is 12.1 Å². The van der Waals surface area contributed by atoms with Gasteiger partial charge in [0.25, 0.3) is 0 Å². The molecule has 3 aliphatic rings. The molecule has 140 valence electrons. The van der Waals surface area contributed by atoms with Crippen LogP contribution < -0.4 is 5.32 Å². The molecule has 0 saturated heterocycles. The molecule has 3 nitrogen and oxygen atoms in total. The zero-order chi connectivity index (χ0) is 19.6. The lowest BCUT2D eigenvalue weighted by molar-refractivity contribution is -0.118. The Morgan fingerprint density at radius 3 is 2.32 bits per heavy atom. The van der Waals surface area contributed by atoms with Gasteiger partial charge < -0.3 is 5.32 Å². The summed E-state index contributed by atoms with van der Waals surface area (Å²) < 4.78 is 13.6. The Bertz CT molecular complexity index is 1110. The van der Waals surface area contributed by atoms with Crippen LogP contribution in [0.25, 0.3) is 5.70 Å². The summed E-state index contributed by atoms with van der Waals surface area (Å²) in [6, 6.07) is 13.7. The standard InChI is InChI=1S/C24H20FNO2/c1-24(2)11-17-20(18(27)12-24)19(13-7-9-14(25)10-8-13)21-22(26-17)15-5-3-4-6-16(15)23(21)28/h3-10,19,26H,11-12H2,1-2H3/t19-/m1/s1. The number of halogens is 1. The highest BCUT2D eigenvalue weighted by atomic mass is 19.1. The van der Waals surface area contributed by atoms with Gasteiger partial charge in [-0.3, -0.25) is 9.59 Å². The van der Waals surface area contributed by atoms with E-state index in [4.69, 9.17) is 0 Å². The predicted molar refractivity (Wildman–Crippen MR) is 105 cm³/mol. The summed E-state index contributed by atoms with van der Waals surface area (Å²) >= 11 is 0. The number of benzene rings is 2. The van der Waals surface area contributed by atoms with Gasteiger partial charge in [-0.1, -0.05) is 50.2 Å². The van der Waals surface area contributed by atoms with Crippen LogP contribution in [0.5, 0.6) is 0 Å². The van der Waals surface area contributed by atoms with Crippen LogP contribution in [0, 0.1) is 11.2 Å². The van der Waals surface area contributed by atoms with Crippen molar-refractivity contribution in [3.8, 4) is 0 Å². The van der Waals surface area contributed by atoms with Crippen molar-refractivity contribution in [2.45, 2.75) is 32.6 Å². The van der Waals surface area contributed by atoms with Crippen LogP contribution in [0.2, 0.25) is 0 Å². The van der Waals surface area contributed by atoms with E-state index in [1.807, 2.05) is 24.3 Å². The third-order valence-electron chi connectivity index (χ3n) is 5.93. The van der Waals surface area contributed by atoms with Gasteiger partial charge in [0.2, 0.25) is 0 Å². The fourth-order valence-corrected chi connectivity index (χ4v) is 4.78. The van der Waals surface area contributed by atoms with Crippen molar-refractivity contribution in [2.75, 3.05) is 0 Å². The van der Waals surface area contributed by atoms with Crippen molar-refractivity contribution in [1.29, 1.82) is 0 Å². The van der Waals surface area contributed by atoms with Gasteiger partial charge >= 0.3 is 0 Å². The molecular formula is C24H20FNO2. The lowest BCUT2D eigenvalue weighted by Crippen LogP contribution is -2.37. The Morgan fingerprint density at radius 2 is 1.61 bits per heavy atom. The number of carbonyl (C=O) groups excluding carboxylic acids is 2. The third kappa shape index (κ3) is 2.40. The van der Waals surface area contributed by atoms with Gasteiger partial charge in [-0.05, 0) is 29.5 Å². The summed E-state index contributed by atoms with van der Waals surface area (Å²) in [6.45, 7) is 4.17. The lowest BCUT2D eigenvalue weighted by Gasteiger charge is -2.39. The van der Waals surface area contributed by atoms with Gasteiger partial charge in [0.1, 0.15) is 5.82 Å². The monoisotopic (exact) mass is 373 g/mol. The van der Waals surface area contributed by atoms with E-state index in [9.17, 15) is 14.0 Å². The normalized spacial score (nSPS) is 22.6. The Kier molecular flexibility index (Phi) is 3.51. The van der Waals surface area contributed by atoms with Crippen molar-refractivity contribution in [3.05, 3.63) is 87.9 Å². The lowest BCUT2D eigenvalue weighted by atomic mass is 9.68. The Morgan fingerprint density at radius 1 is 0.929 bits per heavy atom. The number of carbonyl (C=O) groups is 2. The largest absolute Gasteiger partial charge is 0.358 e. The third-order valence-corrected chi connectivity index (χ3v) is 5.93. The smallest absolute Gasteiger partial charge is 0.192 e. The molecule has 0 amide bonds. The van der Waals surface area contributed by atoms with Crippen molar-refractivity contribution < 1.29 is 14.0 Å². The molecule has 0 unspecified atom stereocenters. The molecule has 28 heavy (non-hydrogen) atoms. The molecule has 1 atom stereocenters. The zero-order valence-corrected chi connectivity index (χ0v) is 15.8. The van der Waals surface area contributed by atoms with Crippen LogP contribution >= 0.6 is 0 Å². The molecule has 2 aromatic carbocycles. The predicted octanol–water partition coefficient (Wildman–Crippen LogP) is 4.76. The molecule has 0 spiro atoms. The summed E-state index contributed by atoms with van der Waals surface area (Å²) in [5.74, 6) is -0.798. The maximum absolute atomic E-state index is 13.6. The van der Waals surface area contributed by atoms with Crippen molar-refractivity contribution >= 4 is 17.3 Å². The van der Waals surface area contributed by atoms with E-state index in [0.29, 0.717) is 23.1 Å². The van der Waals surface area contributed by atoms with Gasteiger partial charge in [0, 0.05) is 40.3 Å². The Hall–Kier alpha value is -3.01. The molecular weight excluding hydrogens is 353 g/mol. The van der Waals surface area contributed by atoms with E-state index in [-0.39, 0.29) is 22.8 Å². The summed E-state index contributed by atoms with van der Waals surface area (Å²) in [5.41, 5.74) is 5.09. The number of ketones is 2. The minimum absolute atomic E-state index is 0.0587. The minimum Gasteiger partial charge on any atom is -0.358 e. The van der Waals surface area contributed by atoms with Gasteiger partial charge in [-0.15, -0.1) is 0 Å². The molecule has 1 heterocycles. The number of allylic oxidation sites excluding steroid dienone is 3. The summed E-state index contributed by atoms with van der Waals surface area (Å²) in [5, 5.41) is 3.44. The molecule has 4 heteroatoms. The summed E-state index contributed by atoms with van der Waals surface area (Å²) in [4.78, 5) is 26.4. The number of fused-ring (bicyclic) bond motifs is 2. The molecule has 1 aliphatic heterocycles. The number of dihydropyridines is 1. The SMILES string of the molecule is CC1(C)CC(=O)C2=C(C1)NC1=C(C(=O)c3ccccc31)[C@@H]2c1ccc(F)cc1. The summed E-state index contributed by atoms with van der Waals surface area (Å²) in [6.07, 6.45) is 1.17. The highest BCUT2D eigenvalue weighted by Crippen LogP contribution is 2.51. The van der Waals surface area contributed by atoms with E-state index in [0.717, 1.165) is 28.9 Å². The van der Waals surface area contributed by atoms with Gasteiger partial charge in [-0.2, -0.15) is 0 Å². The van der Waals surface area contributed by atoms with Crippen LogP contribution in [0.3, 0.4) is 0 Å². The van der Waals surface area contributed by atoms with Crippen molar-refractivity contribution in [1.82, 2.24) is 5.32 Å². The van der Waals surface area contributed by atoms with E-state index < -0.39 is 5.92 Å². The number of Topliss-reactive ketones (excluding diaryl/α,β-unsaturated/α-hetero) is 2. The number of hydrogen-bond acceptors (Lipinski definition) is 3. The first-order chi connectivity index (χ1) is 13.4. The van der Waals surface area contributed by atoms with Crippen LogP contribution in [0.15, 0.2) is 65.4 Å². The van der Waals surface area contributed by atoms with Crippen LogP contribution in [-0.4, -0.2) is 11.6 Å². The molecule has 0 saturated carbocycles. The van der Waals surface area contributed by atoms with E-state index in [2.05, 4.69) is 19.2 Å². The quantitative estimate of drug-likeness (QED) is 0.784. The first kappa shape index (κ1) is 17.1. The van der Waals surface area contributed by atoms with Gasteiger partial charge in [0.15, 0.2) is 11.6 Å². The molecule has 0 bridgehead atoms. The Labute approximate surface area is 163 Å². The van der Waals surface area contributed by atoms with Crippen LogP contribution in [0.4, 0.5) is 4.39 Å². The Balaban J connectivity index is 1.75. The average Bonchev–Trinajstić information content (AvgIpc) is 2.93. The average molecular weight is 373 g/mol. The second kappa shape index (κ2) is 5.74. The molecule has 2 aliphatic carbocycles. The molecule has 5 rings (SSSR count). The zero-order valence-electron chi connectivity index (χ0n) is 15.8. The first-order valence-electron chi connectivity index (χ1n) is 9.53. The maximum Gasteiger partial charge on any atom is 0.192 e. The second-order valence-corrected chi connectivity index (χ2v) is 8.61. The second-order valence-electron chi connectivity index (χ2n) is 8.61. The topological polar surface area (TPSA) is 46.2 Å². The maximum atomic E-state index is 13.6. The number of nitrogens with one attached hydrogen (secondary N) is 1. The molecule has 0 fully saturated rings. The summed E-state index contributed by atoms with van der Waals surface area (Å²) in [7, 11) is 0. The minimum atomic E-state index is -0.463. The molecule has 0 aromatic heterocycles. The van der Waals surface area contributed by atoms with Crippen molar-refractivity contribution in [2.24, 2.45) is 5.41 Å². The van der Waals surface area contributed by atoms with E-state index in [1.165, 1.54) is 12.1 Å².